The van der Waals surface area contributed by atoms with E-state index in [9.17, 15) is 5.11 Å². The van der Waals surface area contributed by atoms with Gasteiger partial charge < -0.3 is 9.63 Å². The lowest BCUT2D eigenvalue weighted by atomic mass is 10.3. The van der Waals surface area contributed by atoms with Crippen LogP contribution in [0.1, 0.15) is 11.7 Å². The Balaban J connectivity index is 1.99. The molecule has 5 heteroatoms. The first-order valence-electron chi connectivity index (χ1n) is 4.45. The van der Waals surface area contributed by atoms with Gasteiger partial charge in [-0.25, -0.2) is 0 Å². The van der Waals surface area contributed by atoms with Crippen molar-refractivity contribution in [1.82, 2.24) is 10.1 Å². The van der Waals surface area contributed by atoms with Crippen molar-refractivity contribution in [3.8, 4) is 5.75 Å². The Bertz CT molecular complexity index is 456. The van der Waals surface area contributed by atoms with Crippen LogP contribution in [-0.2, 0) is 5.75 Å². The second-order valence-corrected chi connectivity index (χ2v) is 4.07. The first-order valence-corrected chi connectivity index (χ1v) is 5.43. The summed E-state index contributed by atoms with van der Waals surface area (Å²) in [7, 11) is 0. The summed E-state index contributed by atoms with van der Waals surface area (Å²) in [6.07, 6.45) is 0. The molecule has 1 aromatic carbocycles. The molecule has 0 saturated carbocycles. The van der Waals surface area contributed by atoms with Crippen LogP contribution in [0.15, 0.2) is 33.7 Å². The Kier molecular flexibility index (Phi) is 2.91. The fourth-order valence-corrected chi connectivity index (χ4v) is 1.90. The van der Waals surface area contributed by atoms with Gasteiger partial charge in [-0.05, 0) is 25.1 Å². The van der Waals surface area contributed by atoms with E-state index in [1.54, 1.807) is 36.9 Å². The lowest BCUT2D eigenvalue weighted by Crippen LogP contribution is -1.80. The summed E-state index contributed by atoms with van der Waals surface area (Å²) >= 11 is 1.54. The molecular formula is C10H10N2O2S. The van der Waals surface area contributed by atoms with E-state index in [0.717, 1.165) is 4.90 Å². The molecule has 4 nitrogen and oxygen atoms in total. The van der Waals surface area contributed by atoms with E-state index >= 15 is 0 Å². The number of phenols is 1. The van der Waals surface area contributed by atoms with Gasteiger partial charge in [-0.15, -0.1) is 11.8 Å². The fraction of sp³-hybridized carbons (Fsp3) is 0.200. The van der Waals surface area contributed by atoms with Gasteiger partial charge in [0.15, 0.2) is 5.82 Å². The minimum atomic E-state index is 0.265. The first kappa shape index (κ1) is 10.0. The third kappa shape index (κ3) is 2.73. The molecule has 1 aromatic heterocycles. The van der Waals surface area contributed by atoms with Crippen LogP contribution in [0.5, 0.6) is 5.75 Å². The Morgan fingerprint density at radius 2 is 2.33 bits per heavy atom. The molecule has 2 rings (SSSR count). The number of thioether (sulfide) groups is 1. The highest BCUT2D eigenvalue weighted by Gasteiger charge is 2.03. The molecule has 0 fully saturated rings. The van der Waals surface area contributed by atoms with Gasteiger partial charge in [-0.2, -0.15) is 4.98 Å². The molecule has 78 valence electrons. The molecule has 15 heavy (non-hydrogen) atoms. The zero-order chi connectivity index (χ0) is 10.7. The first-order chi connectivity index (χ1) is 7.24. The number of rotatable bonds is 3. The van der Waals surface area contributed by atoms with Crippen LogP contribution in [-0.4, -0.2) is 15.2 Å². The highest BCUT2D eigenvalue weighted by atomic mass is 32.2. The number of hydrogen-bond donors (Lipinski definition) is 1. The van der Waals surface area contributed by atoms with Crippen LogP contribution in [0, 0.1) is 6.92 Å². The number of aryl methyl sites for hydroxylation is 1. The maximum absolute atomic E-state index is 9.25. The summed E-state index contributed by atoms with van der Waals surface area (Å²) in [5, 5.41) is 12.9. The van der Waals surface area contributed by atoms with Gasteiger partial charge in [0.25, 0.3) is 0 Å². The SMILES string of the molecule is Cc1noc(CSc2cccc(O)c2)n1. The summed E-state index contributed by atoms with van der Waals surface area (Å²) < 4.78 is 4.97. The molecule has 1 N–H and O–H groups in total. The van der Waals surface area contributed by atoms with Crippen LogP contribution in [0.4, 0.5) is 0 Å². The van der Waals surface area contributed by atoms with E-state index in [0.29, 0.717) is 17.5 Å². The Morgan fingerprint density at radius 1 is 1.47 bits per heavy atom. The van der Waals surface area contributed by atoms with Gasteiger partial charge >= 0.3 is 0 Å². The Labute approximate surface area is 91.3 Å². The molecule has 2 aromatic rings. The van der Waals surface area contributed by atoms with Crippen molar-refractivity contribution in [2.24, 2.45) is 0 Å². The third-order valence-corrected chi connectivity index (χ3v) is 2.73. The number of benzene rings is 1. The molecule has 0 spiro atoms. The largest absolute Gasteiger partial charge is 0.508 e. The van der Waals surface area contributed by atoms with E-state index in [1.807, 2.05) is 6.07 Å². The molecule has 0 aliphatic rings. The molecule has 1 heterocycles. The molecule has 0 radical (unpaired) electrons. The average Bonchev–Trinajstić information content (AvgIpc) is 2.62. The van der Waals surface area contributed by atoms with Gasteiger partial charge in [0.1, 0.15) is 5.75 Å². The molecule has 0 saturated heterocycles. The normalized spacial score (nSPS) is 10.5. The monoisotopic (exact) mass is 222 g/mol. The lowest BCUT2D eigenvalue weighted by Gasteiger charge is -1.98. The van der Waals surface area contributed by atoms with Gasteiger partial charge in [0, 0.05) is 4.90 Å². The maximum Gasteiger partial charge on any atom is 0.236 e. The van der Waals surface area contributed by atoms with Crippen molar-refractivity contribution in [1.29, 1.82) is 0 Å². The summed E-state index contributed by atoms with van der Waals surface area (Å²) in [6, 6.07) is 7.07. The molecule has 0 atom stereocenters. The number of hydrogen-bond acceptors (Lipinski definition) is 5. The van der Waals surface area contributed by atoms with E-state index in [-0.39, 0.29) is 5.75 Å². The third-order valence-electron chi connectivity index (χ3n) is 1.75. The van der Waals surface area contributed by atoms with Gasteiger partial charge in [-0.3, -0.25) is 0 Å². The Morgan fingerprint density at radius 3 is 3.00 bits per heavy atom. The molecule has 0 unspecified atom stereocenters. The topological polar surface area (TPSA) is 59.2 Å². The smallest absolute Gasteiger partial charge is 0.236 e. The van der Waals surface area contributed by atoms with Crippen molar-refractivity contribution in [3.05, 3.63) is 36.0 Å². The summed E-state index contributed by atoms with van der Waals surface area (Å²) in [6.45, 7) is 1.78. The highest BCUT2D eigenvalue weighted by Crippen LogP contribution is 2.24. The van der Waals surface area contributed by atoms with Crippen LogP contribution in [0.3, 0.4) is 0 Å². The van der Waals surface area contributed by atoms with Gasteiger partial charge in [0.05, 0.1) is 5.75 Å². The number of nitrogens with zero attached hydrogens (tertiary/aromatic N) is 2. The van der Waals surface area contributed by atoms with Crippen molar-refractivity contribution >= 4 is 11.8 Å². The summed E-state index contributed by atoms with van der Waals surface area (Å²) in [5.74, 6) is 2.12. The van der Waals surface area contributed by atoms with Crippen molar-refractivity contribution < 1.29 is 9.63 Å². The molecule has 0 bridgehead atoms. The van der Waals surface area contributed by atoms with Gasteiger partial charge in [-0.1, -0.05) is 11.2 Å². The zero-order valence-electron chi connectivity index (χ0n) is 8.17. The average molecular weight is 222 g/mol. The number of phenolic OH excluding ortho intramolecular Hbond substituents is 1. The fourth-order valence-electron chi connectivity index (χ4n) is 1.12. The zero-order valence-corrected chi connectivity index (χ0v) is 8.99. The summed E-state index contributed by atoms with van der Waals surface area (Å²) in [4.78, 5) is 5.06. The highest BCUT2D eigenvalue weighted by molar-refractivity contribution is 7.98. The molecular weight excluding hydrogens is 212 g/mol. The summed E-state index contributed by atoms with van der Waals surface area (Å²) in [5.41, 5.74) is 0. The predicted molar refractivity (Wildman–Crippen MR) is 56.7 cm³/mol. The molecule has 0 aliphatic carbocycles. The minimum Gasteiger partial charge on any atom is -0.508 e. The Hall–Kier alpha value is -1.49. The van der Waals surface area contributed by atoms with Crippen LogP contribution < -0.4 is 0 Å². The minimum absolute atomic E-state index is 0.265. The van der Waals surface area contributed by atoms with E-state index < -0.39 is 0 Å². The second-order valence-electron chi connectivity index (χ2n) is 3.02. The maximum atomic E-state index is 9.25. The van der Waals surface area contributed by atoms with Gasteiger partial charge in [0.2, 0.25) is 5.89 Å². The van der Waals surface area contributed by atoms with Crippen LogP contribution in [0.2, 0.25) is 0 Å². The van der Waals surface area contributed by atoms with Crippen molar-refractivity contribution in [2.75, 3.05) is 0 Å². The second kappa shape index (κ2) is 4.35. The van der Waals surface area contributed by atoms with Crippen molar-refractivity contribution in [2.45, 2.75) is 17.6 Å². The van der Waals surface area contributed by atoms with Crippen LogP contribution in [0.25, 0.3) is 0 Å². The van der Waals surface area contributed by atoms with E-state index in [2.05, 4.69) is 10.1 Å². The molecule has 0 aliphatic heterocycles. The quantitative estimate of drug-likeness (QED) is 0.808. The number of aromatic nitrogens is 2. The van der Waals surface area contributed by atoms with E-state index in [1.165, 1.54) is 0 Å². The van der Waals surface area contributed by atoms with Crippen LogP contribution >= 0.6 is 11.8 Å². The standard InChI is InChI=1S/C10H10N2O2S/c1-7-11-10(14-12-7)6-15-9-4-2-3-8(13)5-9/h2-5,13H,6H2,1H3. The van der Waals surface area contributed by atoms with E-state index in [4.69, 9.17) is 4.52 Å². The lowest BCUT2D eigenvalue weighted by molar-refractivity contribution is 0.387. The predicted octanol–water partition coefficient (Wildman–Crippen LogP) is 2.38. The number of aromatic hydroxyl groups is 1. The molecule has 0 amide bonds. The van der Waals surface area contributed by atoms with Crippen molar-refractivity contribution in [3.63, 3.8) is 0 Å².